The Kier molecular flexibility index (Phi) is 2.09. The van der Waals surface area contributed by atoms with Gasteiger partial charge in [0.2, 0.25) is 0 Å². The summed E-state index contributed by atoms with van der Waals surface area (Å²) in [5.74, 6) is 0.795. The summed E-state index contributed by atoms with van der Waals surface area (Å²) in [5, 5.41) is 3.41. The molecule has 54 valence electrons. The summed E-state index contributed by atoms with van der Waals surface area (Å²) in [5.41, 5.74) is 0. The van der Waals surface area contributed by atoms with Gasteiger partial charge in [-0.2, -0.15) is 0 Å². The van der Waals surface area contributed by atoms with E-state index in [1.165, 1.54) is 6.54 Å². The predicted octanol–water partition coefficient (Wildman–Crippen LogP) is 0.504. The van der Waals surface area contributed by atoms with Crippen LogP contribution < -0.4 is 5.32 Å². The standard InChI is InChI=1S/C7H16N2/c1-6-4-9(3)5-8-7(6)2/h6-8H,4-5H2,1-3H3. The molecule has 2 atom stereocenters. The number of rotatable bonds is 0. The number of hydrogen-bond acceptors (Lipinski definition) is 2. The molecule has 1 aliphatic rings. The Hall–Kier alpha value is -0.0800. The highest BCUT2D eigenvalue weighted by molar-refractivity contribution is 4.75. The van der Waals surface area contributed by atoms with Crippen molar-refractivity contribution >= 4 is 0 Å². The third kappa shape index (κ3) is 1.66. The largest absolute Gasteiger partial charge is 0.301 e. The topological polar surface area (TPSA) is 15.3 Å². The van der Waals surface area contributed by atoms with E-state index in [2.05, 4.69) is 31.1 Å². The van der Waals surface area contributed by atoms with Crippen molar-refractivity contribution in [3.05, 3.63) is 0 Å². The molecule has 0 aliphatic carbocycles. The summed E-state index contributed by atoms with van der Waals surface area (Å²) >= 11 is 0. The van der Waals surface area contributed by atoms with Gasteiger partial charge in [0.05, 0.1) is 0 Å². The van der Waals surface area contributed by atoms with E-state index in [0.29, 0.717) is 6.04 Å². The first-order valence-electron chi connectivity index (χ1n) is 3.62. The van der Waals surface area contributed by atoms with Gasteiger partial charge in [-0.1, -0.05) is 6.92 Å². The molecule has 1 fully saturated rings. The zero-order valence-corrected chi connectivity index (χ0v) is 6.52. The SMILES string of the molecule is CC1CN(C)CNC1C. The van der Waals surface area contributed by atoms with E-state index < -0.39 is 0 Å². The Morgan fingerprint density at radius 2 is 2.11 bits per heavy atom. The van der Waals surface area contributed by atoms with Gasteiger partial charge in [0.25, 0.3) is 0 Å². The summed E-state index contributed by atoms with van der Waals surface area (Å²) in [6, 6.07) is 0.696. The average molecular weight is 128 g/mol. The van der Waals surface area contributed by atoms with E-state index in [4.69, 9.17) is 0 Å². The molecule has 0 radical (unpaired) electrons. The molecule has 2 nitrogen and oxygen atoms in total. The van der Waals surface area contributed by atoms with Gasteiger partial charge < -0.3 is 5.32 Å². The van der Waals surface area contributed by atoms with Crippen LogP contribution in [-0.2, 0) is 0 Å². The van der Waals surface area contributed by atoms with Crippen LogP contribution in [0.1, 0.15) is 13.8 Å². The lowest BCUT2D eigenvalue weighted by atomic mass is 10.0. The lowest BCUT2D eigenvalue weighted by Gasteiger charge is -2.33. The van der Waals surface area contributed by atoms with Gasteiger partial charge in [-0.05, 0) is 19.9 Å². The third-order valence-corrected chi connectivity index (χ3v) is 2.14. The zero-order valence-electron chi connectivity index (χ0n) is 6.52. The zero-order chi connectivity index (χ0) is 6.85. The number of nitrogens with zero attached hydrogens (tertiary/aromatic N) is 1. The Bertz CT molecular complexity index is 92.9. The van der Waals surface area contributed by atoms with Crippen molar-refractivity contribution in [1.82, 2.24) is 10.2 Å². The van der Waals surface area contributed by atoms with Crippen molar-refractivity contribution in [2.24, 2.45) is 5.92 Å². The fourth-order valence-corrected chi connectivity index (χ4v) is 1.22. The first-order valence-corrected chi connectivity index (χ1v) is 3.62. The van der Waals surface area contributed by atoms with Crippen molar-refractivity contribution < 1.29 is 0 Å². The van der Waals surface area contributed by atoms with E-state index in [1.54, 1.807) is 0 Å². The average Bonchev–Trinajstić information content (AvgIpc) is 1.80. The highest BCUT2D eigenvalue weighted by atomic mass is 15.2. The molecule has 0 aromatic heterocycles. The predicted molar refractivity (Wildman–Crippen MR) is 39.3 cm³/mol. The fourth-order valence-electron chi connectivity index (χ4n) is 1.22. The molecular weight excluding hydrogens is 112 g/mol. The molecule has 2 heteroatoms. The van der Waals surface area contributed by atoms with Crippen molar-refractivity contribution in [2.75, 3.05) is 20.3 Å². The van der Waals surface area contributed by atoms with Crippen molar-refractivity contribution in [3.63, 3.8) is 0 Å². The van der Waals surface area contributed by atoms with Crippen molar-refractivity contribution in [2.45, 2.75) is 19.9 Å². The van der Waals surface area contributed by atoms with E-state index in [0.717, 1.165) is 12.6 Å². The van der Waals surface area contributed by atoms with Gasteiger partial charge in [0.1, 0.15) is 0 Å². The molecule has 0 aromatic rings. The molecule has 1 aliphatic heterocycles. The minimum Gasteiger partial charge on any atom is -0.301 e. The van der Waals surface area contributed by atoms with Crippen LogP contribution in [0.15, 0.2) is 0 Å². The van der Waals surface area contributed by atoms with Gasteiger partial charge in [-0.3, -0.25) is 4.90 Å². The Labute approximate surface area is 57.2 Å². The lowest BCUT2D eigenvalue weighted by molar-refractivity contribution is 0.171. The second kappa shape index (κ2) is 2.67. The van der Waals surface area contributed by atoms with E-state index in [-0.39, 0.29) is 0 Å². The molecule has 2 unspecified atom stereocenters. The fraction of sp³-hybridized carbons (Fsp3) is 1.00. The van der Waals surface area contributed by atoms with Crippen molar-refractivity contribution in [3.8, 4) is 0 Å². The Morgan fingerprint density at radius 1 is 1.44 bits per heavy atom. The van der Waals surface area contributed by atoms with Crippen LogP contribution >= 0.6 is 0 Å². The van der Waals surface area contributed by atoms with Crippen molar-refractivity contribution in [1.29, 1.82) is 0 Å². The summed E-state index contributed by atoms with van der Waals surface area (Å²) < 4.78 is 0. The molecular formula is C7H16N2. The maximum Gasteiger partial charge on any atom is 0.0479 e. The van der Waals surface area contributed by atoms with Crippen LogP contribution in [0.2, 0.25) is 0 Å². The first kappa shape index (κ1) is 7.03. The molecule has 0 spiro atoms. The van der Waals surface area contributed by atoms with Gasteiger partial charge >= 0.3 is 0 Å². The number of hydrogen-bond donors (Lipinski definition) is 1. The Balaban J connectivity index is 2.35. The highest BCUT2D eigenvalue weighted by Crippen LogP contribution is 2.07. The van der Waals surface area contributed by atoms with E-state index in [1.807, 2.05) is 0 Å². The summed E-state index contributed by atoms with van der Waals surface area (Å²) in [6.07, 6.45) is 0. The normalized spacial score (nSPS) is 39.0. The molecule has 0 amide bonds. The molecule has 0 bridgehead atoms. The monoisotopic (exact) mass is 128 g/mol. The van der Waals surface area contributed by atoms with Crippen LogP contribution in [0.3, 0.4) is 0 Å². The van der Waals surface area contributed by atoms with Gasteiger partial charge in [-0.25, -0.2) is 0 Å². The number of nitrogens with one attached hydrogen (secondary N) is 1. The van der Waals surface area contributed by atoms with Crippen LogP contribution in [-0.4, -0.2) is 31.2 Å². The maximum atomic E-state index is 3.41. The summed E-state index contributed by atoms with van der Waals surface area (Å²) in [6.45, 7) is 6.81. The second-order valence-corrected chi connectivity index (χ2v) is 3.17. The molecule has 0 aromatic carbocycles. The molecule has 0 saturated carbocycles. The van der Waals surface area contributed by atoms with Gasteiger partial charge in [0.15, 0.2) is 0 Å². The van der Waals surface area contributed by atoms with Crippen LogP contribution in [0, 0.1) is 5.92 Å². The summed E-state index contributed by atoms with van der Waals surface area (Å²) in [4.78, 5) is 2.31. The van der Waals surface area contributed by atoms with Gasteiger partial charge in [0, 0.05) is 19.3 Å². The van der Waals surface area contributed by atoms with Crippen LogP contribution in [0.5, 0.6) is 0 Å². The van der Waals surface area contributed by atoms with Crippen LogP contribution in [0.4, 0.5) is 0 Å². The molecule has 1 N–H and O–H groups in total. The third-order valence-electron chi connectivity index (χ3n) is 2.14. The molecule has 1 heterocycles. The van der Waals surface area contributed by atoms with Gasteiger partial charge in [-0.15, -0.1) is 0 Å². The molecule has 1 rings (SSSR count). The quantitative estimate of drug-likeness (QED) is 0.511. The smallest absolute Gasteiger partial charge is 0.0479 e. The van der Waals surface area contributed by atoms with Crippen LogP contribution in [0.25, 0.3) is 0 Å². The highest BCUT2D eigenvalue weighted by Gasteiger charge is 2.18. The van der Waals surface area contributed by atoms with E-state index in [9.17, 15) is 0 Å². The molecule has 1 saturated heterocycles. The van der Waals surface area contributed by atoms with E-state index >= 15 is 0 Å². The minimum atomic E-state index is 0.696. The second-order valence-electron chi connectivity index (χ2n) is 3.17. The lowest BCUT2D eigenvalue weighted by Crippen LogP contribution is -2.49. The Morgan fingerprint density at radius 3 is 2.56 bits per heavy atom. The minimum absolute atomic E-state index is 0.696. The first-order chi connectivity index (χ1) is 4.20. The maximum absolute atomic E-state index is 3.41. The molecule has 9 heavy (non-hydrogen) atoms. The summed E-state index contributed by atoms with van der Waals surface area (Å²) in [7, 11) is 2.15.